The number of nitrogens with zero attached hydrogens (tertiary/aromatic N) is 2. The molecule has 0 spiro atoms. The van der Waals surface area contributed by atoms with Gasteiger partial charge in [-0.1, -0.05) is 18.2 Å². The molecule has 1 aliphatic heterocycles. The predicted octanol–water partition coefficient (Wildman–Crippen LogP) is 2.85. The van der Waals surface area contributed by atoms with Crippen LogP contribution >= 0.6 is 0 Å². The Hall–Kier alpha value is -2.89. The highest BCUT2D eigenvalue weighted by molar-refractivity contribution is 5.97. The van der Waals surface area contributed by atoms with E-state index in [0.717, 1.165) is 24.5 Å². The van der Waals surface area contributed by atoms with Crippen LogP contribution in [0.15, 0.2) is 41.4 Å². The number of ether oxygens (including phenoxy) is 3. The summed E-state index contributed by atoms with van der Waals surface area (Å²) in [7, 11) is 6.71. The molecule has 0 saturated carbocycles. The maximum atomic E-state index is 5.52. The molecule has 0 radical (unpaired) electrons. The van der Waals surface area contributed by atoms with Gasteiger partial charge in [0, 0.05) is 31.4 Å². The van der Waals surface area contributed by atoms with E-state index in [0.29, 0.717) is 23.8 Å². The van der Waals surface area contributed by atoms with Crippen LogP contribution in [0.5, 0.6) is 17.2 Å². The molecule has 2 aromatic carbocycles. The van der Waals surface area contributed by atoms with Gasteiger partial charge in [0.1, 0.15) is 17.2 Å². The van der Waals surface area contributed by atoms with E-state index in [-0.39, 0.29) is 0 Å². The molecular weight excluding hydrogens is 330 g/mol. The minimum absolute atomic E-state index is 0.529. The average Bonchev–Trinajstić information content (AvgIpc) is 3.12. The lowest BCUT2D eigenvalue weighted by Crippen LogP contribution is -2.40. The first-order chi connectivity index (χ1) is 12.7. The number of hydrogen-bond donors (Lipinski definition) is 1. The maximum absolute atomic E-state index is 5.52. The summed E-state index contributed by atoms with van der Waals surface area (Å²) in [6.45, 7) is 1.44. The normalized spacial score (nSPS) is 13.4. The predicted molar refractivity (Wildman–Crippen MR) is 104 cm³/mol. The van der Waals surface area contributed by atoms with Crippen molar-refractivity contribution in [1.29, 1.82) is 0 Å². The van der Waals surface area contributed by atoms with Crippen LogP contribution in [0.1, 0.15) is 11.1 Å². The van der Waals surface area contributed by atoms with Gasteiger partial charge >= 0.3 is 0 Å². The van der Waals surface area contributed by atoms with Crippen molar-refractivity contribution in [1.82, 2.24) is 5.32 Å². The lowest BCUT2D eigenvalue weighted by Gasteiger charge is -2.23. The zero-order chi connectivity index (χ0) is 18.5. The molecule has 138 valence electrons. The van der Waals surface area contributed by atoms with E-state index in [1.54, 1.807) is 28.4 Å². The summed E-state index contributed by atoms with van der Waals surface area (Å²) in [4.78, 5) is 6.66. The first-order valence-electron chi connectivity index (χ1n) is 8.56. The van der Waals surface area contributed by atoms with E-state index in [4.69, 9.17) is 14.2 Å². The number of guanidine groups is 1. The molecule has 0 aliphatic carbocycles. The van der Waals surface area contributed by atoms with Gasteiger partial charge in [-0.2, -0.15) is 0 Å². The number of methoxy groups -OCH3 is 3. The number of fused-ring (bicyclic) bond motifs is 1. The summed E-state index contributed by atoms with van der Waals surface area (Å²) < 4.78 is 16.4. The number of aliphatic imine (C=N–C) groups is 1. The Morgan fingerprint density at radius 2 is 1.77 bits per heavy atom. The van der Waals surface area contributed by atoms with Gasteiger partial charge in [-0.3, -0.25) is 4.99 Å². The van der Waals surface area contributed by atoms with Crippen molar-refractivity contribution in [3.8, 4) is 17.2 Å². The SMILES string of the molecule is CN=C(NCc1c(OC)cc(OC)cc1OC)N1CCc2ccccc21. The Labute approximate surface area is 154 Å². The highest BCUT2D eigenvalue weighted by atomic mass is 16.5. The number of benzene rings is 2. The third-order valence-electron chi connectivity index (χ3n) is 4.60. The van der Waals surface area contributed by atoms with Crippen LogP contribution < -0.4 is 24.4 Å². The van der Waals surface area contributed by atoms with Gasteiger partial charge in [0.2, 0.25) is 0 Å². The van der Waals surface area contributed by atoms with Crippen LogP contribution in [0.25, 0.3) is 0 Å². The molecular formula is C20H25N3O3. The Morgan fingerprint density at radius 1 is 1.08 bits per heavy atom. The molecule has 6 heteroatoms. The minimum Gasteiger partial charge on any atom is -0.496 e. The molecule has 1 aliphatic rings. The zero-order valence-corrected chi connectivity index (χ0v) is 15.7. The van der Waals surface area contributed by atoms with E-state index < -0.39 is 0 Å². The molecule has 1 heterocycles. The lowest BCUT2D eigenvalue weighted by atomic mass is 10.1. The second-order valence-electron chi connectivity index (χ2n) is 5.94. The molecule has 26 heavy (non-hydrogen) atoms. The average molecular weight is 355 g/mol. The molecule has 0 amide bonds. The largest absolute Gasteiger partial charge is 0.496 e. The smallest absolute Gasteiger partial charge is 0.198 e. The van der Waals surface area contributed by atoms with Crippen LogP contribution in [0.2, 0.25) is 0 Å². The van der Waals surface area contributed by atoms with E-state index in [1.165, 1.54) is 11.3 Å². The Bertz CT molecular complexity index is 780. The molecule has 0 aromatic heterocycles. The molecule has 0 atom stereocenters. The van der Waals surface area contributed by atoms with Crippen molar-refractivity contribution in [2.24, 2.45) is 4.99 Å². The molecule has 0 saturated heterocycles. The van der Waals surface area contributed by atoms with Crippen LogP contribution in [0, 0.1) is 0 Å². The second-order valence-corrected chi connectivity index (χ2v) is 5.94. The highest BCUT2D eigenvalue weighted by Gasteiger charge is 2.23. The number of hydrogen-bond acceptors (Lipinski definition) is 4. The van der Waals surface area contributed by atoms with E-state index in [2.05, 4.69) is 39.5 Å². The van der Waals surface area contributed by atoms with Crippen LogP contribution in [0.3, 0.4) is 0 Å². The van der Waals surface area contributed by atoms with Crippen molar-refractivity contribution in [3.05, 3.63) is 47.5 Å². The Kier molecular flexibility index (Phi) is 5.51. The number of nitrogens with one attached hydrogen (secondary N) is 1. The topological polar surface area (TPSA) is 55.3 Å². The zero-order valence-electron chi connectivity index (χ0n) is 15.7. The van der Waals surface area contributed by atoms with Crippen LogP contribution in [-0.4, -0.2) is 40.9 Å². The van der Waals surface area contributed by atoms with Crippen molar-refractivity contribution < 1.29 is 14.2 Å². The van der Waals surface area contributed by atoms with Gasteiger partial charge in [-0.05, 0) is 18.1 Å². The van der Waals surface area contributed by atoms with Gasteiger partial charge in [0.05, 0.1) is 33.4 Å². The summed E-state index contributed by atoms with van der Waals surface area (Å²) in [5, 5.41) is 3.43. The van der Waals surface area contributed by atoms with E-state index in [1.807, 2.05) is 12.1 Å². The molecule has 6 nitrogen and oxygen atoms in total. The highest BCUT2D eigenvalue weighted by Crippen LogP contribution is 2.34. The summed E-state index contributed by atoms with van der Waals surface area (Å²) in [6.07, 6.45) is 1.02. The lowest BCUT2D eigenvalue weighted by molar-refractivity contribution is 0.368. The number of rotatable bonds is 5. The molecule has 0 fully saturated rings. The van der Waals surface area contributed by atoms with Crippen molar-refractivity contribution in [3.63, 3.8) is 0 Å². The molecule has 2 aromatic rings. The Morgan fingerprint density at radius 3 is 2.38 bits per heavy atom. The van der Waals surface area contributed by atoms with Gasteiger partial charge in [0.25, 0.3) is 0 Å². The summed E-state index contributed by atoms with van der Waals surface area (Å²) in [6, 6.07) is 12.1. The molecule has 0 unspecified atom stereocenters. The first-order valence-corrected chi connectivity index (χ1v) is 8.56. The second kappa shape index (κ2) is 7.99. The van der Waals surface area contributed by atoms with Gasteiger partial charge in [0.15, 0.2) is 5.96 Å². The van der Waals surface area contributed by atoms with Gasteiger partial charge in [-0.25, -0.2) is 0 Å². The molecule has 1 N–H and O–H groups in total. The molecule has 0 bridgehead atoms. The number of para-hydroxylation sites is 1. The van der Waals surface area contributed by atoms with Crippen LogP contribution in [0.4, 0.5) is 5.69 Å². The van der Waals surface area contributed by atoms with Crippen molar-refractivity contribution in [2.45, 2.75) is 13.0 Å². The standard InChI is InChI=1S/C20H25N3O3/c1-21-20(23-10-9-14-7-5-6-8-17(14)23)22-13-16-18(25-3)11-15(24-2)12-19(16)26-4/h5-8,11-12H,9-10,13H2,1-4H3,(H,21,22). The summed E-state index contributed by atoms with van der Waals surface area (Å²) in [5.41, 5.74) is 3.47. The van der Waals surface area contributed by atoms with Gasteiger partial charge in [-0.15, -0.1) is 0 Å². The third-order valence-corrected chi connectivity index (χ3v) is 4.60. The van der Waals surface area contributed by atoms with Crippen molar-refractivity contribution >= 4 is 11.6 Å². The quantitative estimate of drug-likeness (QED) is 0.660. The maximum Gasteiger partial charge on any atom is 0.198 e. The third kappa shape index (κ3) is 3.40. The van der Waals surface area contributed by atoms with Crippen LogP contribution in [-0.2, 0) is 13.0 Å². The van der Waals surface area contributed by atoms with E-state index >= 15 is 0 Å². The fourth-order valence-electron chi connectivity index (χ4n) is 3.27. The molecule has 3 rings (SSSR count). The summed E-state index contributed by atoms with van der Waals surface area (Å²) >= 11 is 0. The fourth-order valence-corrected chi connectivity index (χ4v) is 3.27. The number of anilines is 1. The van der Waals surface area contributed by atoms with E-state index in [9.17, 15) is 0 Å². The van der Waals surface area contributed by atoms with Gasteiger partial charge < -0.3 is 24.4 Å². The van der Waals surface area contributed by atoms with Crippen molar-refractivity contribution in [2.75, 3.05) is 39.8 Å². The first kappa shape index (κ1) is 17.9. The monoisotopic (exact) mass is 355 g/mol. The minimum atomic E-state index is 0.529. The fraction of sp³-hybridized carbons (Fsp3) is 0.350. The Balaban J connectivity index is 1.82. The summed E-state index contributed by atoms with van der Waals surface area (Å²) in [5.74, 6) is 2.95.